The van der Waals surface area contributed by atoms with E-state index in [1.54, 1.807) is 4.90 Å². The Bertz CT molecular complexity index is 587. The van der Waals surface area contributed by atoms with Crippen LogP contribution in [0.1, 0.15) is 53.9 Å². The Kier molecular flexibility index (Phi) is 9.93. The third kappa shape index (κ3) is 6.36. The number of carboxylic acids is 1. The number of carboxylic acid groups (broad SMARTS) is 1. The fourth-order valence-corrected chi connectivity index (χ4v) is 3.59. The maximum Gasteiger partial charge on any atom is 0.335 e. The van der Waals surface area contributed by atoms with Crippen LogP contribution in [0.2, 0.25) is 0 Å². The third-order valence-corrected chi connectivity index (χ3v) is 4.68. The van der Waals surface area contributed by atoms with Gasteiger partial charge in [-0.15, -0.1) is 0 Å². The summed E-state index contributed by atoms with van der Waals surface area (Å²) >= 11 is 0. The lowest BCUT2D eigenvalue weighted by molar-refractivity contribution is -0.158. The van der Waals surface area contributed by atoms with E-state index < -0.39 is 35.5 Å². The summed E-state index contributed by atoms with van der Waals surface area (Å²) in [7, 11) is 0. The minimum absolute atomic E-state index is 0. The zero-order chi connectivity index (χ0) is 20.8. The maximum absolute atomic E-state index is 13.1. The topological polar surface area (TPSA) is 171 Å². The van der Waals surface area contributed by atoms with Crippen LogP contribution in [-0.4, -0.2) is 69.6 Å². The maximum atomic E-state index is 13.1. The summed E-state index contributed by atoms with van der Waals surface area (Å²) in [6.07, 6.45) is 0.988. The first-order valence-electron chi connectivity index (χ1n) is 9.16. The van der Waals surface area contributed by atoms with Crippen LogP contribution in [0.15, 0.2) is 4.99 Å². The molecule has 0 radical (unpaired) electrons. The highest BCUT2D eigenvalue weighted by atomic mass is 16.4. The van der Waals surface area contributed by atoms with E-state index in [4.69, 9.17) is 11.5 Å². The highest BCUT2D eigenvalue weighted by molar-refractivity contribution is 5.88. The number of nitrogens with zero attached hydrogens (tertiary/aromatic N) is 2. The molecule has 0 aromatic heterocycles. The summed E-state index contributed by atoms with van der Waals surface area (Å²) in [5.41, 5.74) is 8.83. The van der Waals surface area contributed by atoms with Crippen molar-refractivity contribution in [2.45, 2.75) is 71.6 Å². The van der Waals surface area contributed by atoms with Gasteiger partial charge in [0.25, 0.3) is 0 Å². The van der Waals surface area contributed by atoms with Crippen LogP contribution in [0.25, 0.3) is 0 Å². The van der Waals surface area contributed by atoms with Gasteiger partial charge in [-0.05, 0) is 19.3 Å². The van der Waals surface area contributed by atoms with Crippen molar-refractivity contribution in [1.29, 1.82) is 0 Å². The summed E-state index contributed by atoms with van der Waals surface area (Å²) in [5.74, 6) is -3.19. The van der Waals surface area contributed by atoms with Crippen molar-refractivity contribution >= 4 is 23.7 Å². The summed E-state index contributed by atoms with van der Waals surface area (Å²) in [6, 6.07) is -1.83. The van der Waals surface area contributed by atoms with E-state index in [-0.39, 0.29) is 32.1 Å². The van der Waals surface area contributed by atoms with Gasteiger partial charge in [-0.1, -0.05) is 21.3 Å². The highest BCUT2D eigenvalue weighted by Crippen LogP contribution is 2.39. The van der Waals surface area contributed by atoms with Crippen LogP contribution in [0.3, 0.4) is 0 Å². The molecule has 0 aromatic carbocycles. The van der Waals surface area contributed by atoms with E-state index in [1.807, 2.05) is 13.8 Å². The van der Waals surface area contributed by atoms with Crippen LogP contribution in [-0.2, 0) is 14.4 Å². The van der Waals surface area contributed by atoms with Gasteiger partial charge in [0.2, 0.25) is 11.8 Å². The fraction of sp³-hybridized carbons (Fsp3) is 0.778. The quantitative estimate of drug-likeness (QED) is 0.259. The predicted octanol–water partition coefficient (Wildman–Crippen LogP) is -0.356. The van der Waals surface area contributed by atoms with Crippen molar-refractivity contribution in [2.75, 3.05) is 13.1 Å². The molecule has 10 nitrogen and oxygen atoms in total. The second-order valence-corrected chi connectivity index (χ2v) is 7.03. The van der Waals surface area contributed by atoms with E-state index >= 15 is 0 Å². The normalized spacial score (nSPS) is 24.6. The Hall–Kier alpha value is -2.36. The summed E-state index contributed by atoms with van der Waals surface area (Å²) in [5, 5.41) is 22.4. The Labute approximate surface area is 166 Å². The number of carbonyl (C=O) groups excluding carboxylic acids is 2. The smallest absolute Gasteiger partial charge is 0.335 e. The van der Waals surface area contributed by atoms with Gasteiger partial charge in [-0.25, -0.2) is 9.79 Å². The van der Waals surface area contributed by atoms with Gasteiger partial charge in [0.1, 0.15) is 6.04 Å². The molecule has 1 unspecified atom stereocenters. The van der Waals surface area contributed by atoms with Gasteiger partial charge >= 0.3 is 5.97 Å². The van der Waals surface area contributed by atoms with Gasteiger partial charge in [-0.3, -0.25) is 9.59 Å². The lowest BCUT2D eigenvalue weighted by Gasteiger charge is -2.32. The molecule has 7 N–H and O–H groups in total. The van der Waals surface area contributed by atoms with E-state index in [2.05, 4.69) is 10.3 Å². The van der Waals surface area contributed by atoms with Crippen LogP contribution in [0.4, 0.5) is 0 Å². The van der Waals surface area contributed by atoms with Crippen molar-refractivity contribution in [3.63, 3.8) is 0 Å². The predicted molar refractivity (Wildman–Crippen MR) is 106 cm³/mol. The monoisotopic (exact) mass is 401 g/mol. The first kappa shape index (κ1) is 25.6. The number of aliphatic carboxylic acids is 1. The van der Waals surface area contributed by atoms with Crippen LogP contribution < -0.4 is 16.8 Å². The number of carbonyl (C=O) groups is 3. The molecule has 1 fully saturated rings. The molecule has 1 rings (SSSR count). The number of hydrogen-bond acceptors (Lipinski definition) is 5. The van der Waals surface area contributed by atoms with Crippen LogP contribution in [0.5, 0.6) is 0 Å². The number of nitrogens with two attached hydrogens (primary N) is 2. The molecule has 2 amide bonds. The van der Waals surface area contributed by atoms with E-state index in [0.29, 0.717) is 13.1 Å². The van der Waals surface area contributed by atoms with Gasteiger partial charge in [0, 0.05) is 32.4 Å². The molecule has 4 atom stereocenters. The fourth-order valence-electron chi connectivity index (χ4n) is 3.59. The average molecular weight is 402 g/mol. The highest BCUT2D eigenvalue weighted by Gasteiger charge is 2.53. The second-order valence-electron chi connectivity index (χ2n) is 7.03. The van der Waals surface area contributed by atoms with Crippen LogP contribution >= 0.6 is 0 Å². The first-order valence-corrected chi connectivity index (χ1v) is 9.16. The Morgan fingerprint density at radius 3 is 2.14 bits per heavy atom. The number of amides is 2. The van der Waals surface area contributed by atoms with E-state index in [9.17, 15) is 24.6 Å². The lowest BCUT2D eigenvalue weighted by Crippen LogP contribution is -2.54. The number of nitrogens with one attached hydrogen (secondary N) is 1. The Balaban J connectivity index is 0.00000729. The second kappa shape index (κ2) is 10.8. The van der Waals surface area contributed by atoms with Crippen molar-refractivity contribution < 1.29 is 24.6 Å². The van der Waals surface area contributed by atoms with Crippen molar-refractivity contribution in [3.05, 3.63) is 0 Å². The molecule has 1 aliphatic carbocycles. The van der Waals surface area contributed by atoms with Gasteiger partial charge in [-0.2, -0.15) is 0 Å². The van der Waals surface area contributed by atoms with E-state index in [0.717, 1.165) is 12.8 Å². The van der Waals surface area contributed by atoms with Gasteiger partial charge in [0.15, 0.2) is 11.6 Å². The summed E-state index contributed by atoms with van der Waals surface area (Å²) < 4.78 is 0. The molecule has 1 saturated carbocycles. The van der Waals surface area contributed by atoms with Gasteiger partial charge in [0.05, 0.1) is 6.04 Å². The average Bonchev–Trinajstić information content (AvgIpc) is 2.88. The number of rotatable bonds is 9. The lowest BCUT2D eigenvalue weighted by atomic mass is 9.91. The van der Waals surface area contributed by atoms with Crippen molar-refractivity contribution in [3.8, 4) is 0 Å². The number of aliphatic imine (C=N–C) groups is 1. The molecule has 0 aromatic rings. The van der Waals surface area contributed by atoms with Crippen LogP contribution in [0, 0.1) is 5.92 Å². The Morgan fingerprint density at radius 1 is 1.21 bits per heavy atom. The Morgan fingerprint density at radius 2 is 1.75 bits per heavy atom. The molecule has 0 heterocycles. The van der Waals surface area contributed by atoms with Crippen molar-refractivity contribution in [2.24, 2.45) is 22.4 Å². The molecular weight excluding hydrogens is 366 g/mol. The minimum Gasteiger partial charge on any atom is -0.479 e. The number of aliphatic hydroxyl groups is 1. The minimum atomic E-state index is -2.06. The molecule has 162 valence electrons. The summed E-state index contributed by atoms with van der Waals surface area (Å²) in [4.78, 5) is 42.0. The third-order valence-electron chi connectivity index (χ3n) is 4.68. The van der Waals surface area contributed by atoms with Gasteiger partial charge < -0.3 is 31.9 Å². The molecule has 0 spiro atoms. The molecule has 10 heteroatoms. The summed E-state index contributed by atoms with van der Waals surface area (Å²) in [6.45, 7) is 6.16. The number of guanidine groups is 1. The largest absolute Gasteiger partial charge is 0.479 e. The first-order chi connectivity index (χ1) is 12.6. The molecule has 0 saturated heterocycles. The zero-order valence-corrected chi connectivity index (χ0v) is 16.1. The molecule has 0 bridgehead atoms. The SMILES string of the molecule is C.CCCN(CCC)C(=O)C(NC(C)=O)[C@H]1C[C@@](O)(C(=O)O)C[C@@H]1N=C(N)N. The van der Waals surface area contributed by atoms with Crippen molar-refractivity contribution in [1.82, 2.24) is 10.2 Å². The van der Waals surface area contributed by atoms with E-state index in [1.165, 1.54) is 6.92 Å². The molecular formula is C18H35N5O5. The standard InChI is InChI=1S/C17H31N5O5.CH4/c1-4-6-22(7-5-2)14(24)13(20-10(3)23)11-8-17(27,15(25)26)9-12(11)21-16(18)19;/h11-13,27H,4-9H2,1-3H3,(H,20,23)(H,25,26)(H4,18,19,21);1H4/t11-,12-,13?,17-;/m0./s1. The molecule has 28 heavy (non-hydrogen) atoms. The molecule has 0 aliphatic heterocycles. The zero-order valence-electron chi connectivity index (χ0n) is 16.1. The molecule has 1 aliphatic rings. The number of hydrogen-bond donors (Lipinski definition) is 5.